The summed E-state index contributed by atoms with van der Waals surface area (Å²) in [6.07, 6.45) is 1.64. The van der Waals surface area contributed by atoms with Crippen molar-refractivity contribution in [2.24, 2.45) is 11.7 Å². The zero-order valence-corrected chi connectivity index (χ0v) is 11.7. The number of primary amides is 1. The van der Waals surface area contributed by atoms with Crippen molar-refractivity contribution in [3.8, 4) is 6.07 Å². The molecular weight excluding hydrogens is 268 g/mol. The number of amides is 2. The Morgan fingerprint density at radius 2 is 2.19 bits per heavy atom. The van der Waals surface area contributed by atoms with Crippen LogP contribution in [0.5, 0.6) is 0 Å². The Bertz CT molecular complexity index is 579. The summed E-state index contributed by atoms with van der Waals surface area (Å²) in [5.74, 6) is -0.685. The van der Waals surface area contributed by atoms with Crippen molar-refractivity contribution in [2.75, 3.05) is 25.0 Å². The van der Waals surface area contributed by atoms with E-state index in [0.717, 1.165) is 19.4 Å². The van der Waals surface area contributed by atoms with Crippen LogP contribution in [0.4, 0.5) is 5.69 Å². The number of anilines is 1. The van der Waals surface area contributed by atoms with Crippen LogP contribution in [-0.2, 0) is 9.59 Å². The lowest BCUT2D eigenvalue weighted by molar-refractivity contribution is -0.125. The molecule has 1 aliphatic heterocycles. The number of nitrogens with one attached hydrogen (secondary N) is 1. The van der Waals surface area contributed by atoms with Crippen LogP contribution in [0.2, 0.25) is 0 Å². The van der Waals surface area contributed by atoms with Crippen LogP contribution in [0.15, 0.2) is 24.3 Å². The van der Waals surface area contributed by atoms with E-state index in [-0.39, 0.29) is 24.3 Å². The molecule has 21 heavy (non-hydrogen) atoms. The monoisotopic (exact) mass is 286 g/mol. The van der Waals surface area contributed by atoms with E-state index >= 15 is 0 Å². The molecule has 1 aliphatic rings. The molecule has 0 saturated carbocycles. The number of hydrogen-bond acceptors (Lipinski definition) is 4. The fourth-order valence-corrected chi connectivity index (χ4v) is 2.51. The number of carbonyl (C=O) groups excluding carboxylic acids is 2. The van der Waals surface area contributed by atoms with E-state index in [4.69, 9.17) is 11.0 Å². The normalized spacial score (nSPS) is 18.7. The molecule has 1 saturated heterocycles. The lowest BCUT2D eigenvalue weighted by Crippen LogP contribution is -2.44. The molecule has 1 fully saturated rings. The summed E-state index contributed by atoms with van der Waals surface area (Å²) in [5.41, 5.74) is 6.26. The zero-order valence-electron chi connectivity index (χ0n) is 11.7. The Morgan fingerprint density at radius 1 is 1.43 bits per heavy atom. The number of nitriles is 1. The van der Waals surface area contributed by atoms with E-state index in [1.807, 2.05) is 11.0 Å². The highest BCUT2D eigenvalue weighted by molar-refractivity contribution is 5.93. The van der Waals surface area contributed by atoms with Crippen molar-refractivity contribution < 1.29 is 9.59 Å². The fourth-order valence-electron chi connectivity index (χ4n) is 2.51. The number of nitrogens with two attached hydrogens (primary N) is 1. The quantitative estimate of drug-likeness (QED) is 0.850. The molecule has 0 bridgehead atoms. The Morgan fingerprint density at radius 3 is 2.90 bits per heavy atom. The van der Waals surface area contributed by atoms with E-state index in [1.165, 1.54) is 0 Å². The van der Waals surface area contributed by atoms with E-state index < -0.39 is 0 Å². The first-order chi connectivity index (χ1) is 10.1. The topological polar surface area (TPSA) is 99.2 Å². The van der Waals surface area contributed by atoms with Gasteiger partial charge < -0.3 is 11.1 Å². The number of benzene rings is 1. The van der Waals surface area contributed by atoms with E-state index in [2.05, 4.69) is 5.32 Å². The van der Waals surface area contributed by atoms with Gasteiger partial charge in [0.1, 0.15) is 6.07 Å². The third-order valence-corrected chi connectivity index (χ3v) is 3.60. The number of carbonyl (C=O) groups is 2. The number of para-hydroxylation sites is 1. The predicted molar refractivity (Wildman–Crippen MR) is 78.1 cm³/mol. The van der Waals surface area contributed by atoms with Crippen LogP contribution >= 0.6 is 0 Å². The third kappa shape index (κ3) is 4.04. The first-order valence-corrected chi connectivity index (χ1v) is 6.91. The minimum atomic E-state index is -0.310. The highest BCUT2D eigenvalue weighted by atomic mass is 16.2. The van der Waals surface area contributed by atoms with Gasteiger partial charge in [-0.1, -0.05) is 12.1 Å². The second kappa shape index (κ2) is 6.86. The standard InChI is InChI=1S/C15H18N4O2/c16-8-11-4-1-2-6-13(11)18-14(20)10-19-7-3-5-12(9-19)15(17)21/h1-2,4,6,12H,3,5,7,9-10H2,(H2,17,21)(H,18,20). The van der Waals surface area contributed by atoms with Crippen LogP contribution in [0, 0.1) is 17.2 Å². The third-order valence-electron chi connectivity index (χ3n) is 3.60. The lowest BCUT2D eigenvalue weighted by atomic mass is 9.97. The van der Waals surface area contributed by atoms with Crippen molar-refractivity contribution in [1.29, 1.82) is 5.26 Å². The maximum Gasteiger partial charge on any atom is 0.238 e. The highest BCUT2D eigenvalue weighted by Gasteiger charge is 2.25. The number of piperidine rings is 1. The Balaban J connectivity index is 1.93. The molecular formula is C15H18N4O2. The maximum absolute atomic E-state index is 12.0. The van der Waals surface area contributed by atoms with Crippen molar-refractivity contribution in [1.82, 2.24) is 4.90 Å². The van der Waals surface area contributed by atoms with Gasteiger partial charge in [0, 0.05) is 6.54 Å². The average molecular weight is 286 g/mol. The second-order valence-corrected chi connectivity index (χ2v) is 5.18. The van der Waals surface area contributed by atoms with Gasteiger partial charge in [0.25, 0.3) is 0 Å². The molecule has 0 radical (unpaired) electrons. The smallest absolute Gasteiger partial charge is 0.238 e. The molecule has 6 heteroatoms. The Labute approximate surface area is 123 Å². The first-order valence-electron chi connectivity index (χ1n) is 6.91. The van der Waals surface area contributed by atoms with Gasteiger partial charge in [0.15, 0.2) is 0 Å². The Hall–Kier alpha value is -2.39. The number of rotatable bonds is 4. The summed E-state index contributed by atoms with van der Waals surface area (Å²) < 4.78 is 0. The van der Waals surface area contributed by atoms with Crippen molar-refractivity contribution >= 4 is 17.5 Å². The molecule has 3 N–H and O–H groups in total. The van der Waals surface area contributed by atoms with Crippen molar-refractivity contribution in [2.45, 2.75) is 12.8 Å². The van der Waals surface area contributed by atoms with Crippen LogP contribution in [0.1, 0.15) is 18.4 Å². The molecule has 1 heterocycles. The van der Waals surface area contributed by atoms with Crippen LogP contribution in [0.25, 0.3) is 0 Å². The van der Waals surface area contributed by atoms with Crippen LogP contribution in [0.3, 0.4) is 0 Å². The largest absolute Gasteiger partial charge is 0.369 e. The van der Waals surface area contributed by atoms with Gasteiger partial charge in [0.2, 0.25) is 11.8 Å². The van der Waals surface area contributed by atoms with E-state index in [9.17, 15) is 9.59 Å². The summed E-state index contributed by atoms with van der Waals surface area (Å²) in [7, 11) is 0. The van der Waals surface area contributed by atoms with E-state index in [1.54, 1.807) is 24.3 Å². The van der Waals surface area contributed by atoms with Gasteiger partial charge in [-0.05, 0) is 31.5 Å². The van der Waals surface area contributed by atoms with Gasteiger partial charge >= 0.3 is 0 Å². The van der Waals surface area contributed by atoms with Crippen molar-refractivity contribution in [3.63, 3.8) is 0 Å². The molecule has 0 aromatic heterocycles. The van der Waals surface area contributed by atoms with Gasteiger partial charge in [-0.25, -0.2) is 0 Å². The molecule has 0 spiro atoms. The SMILES string of the molecule is N#Cc1ccccc1NC(=O)CN1CCCC(C(N)=O)C1. The minimum Gasteiger partial charge on any atom is -0.369 e. The molecule has 0 aliphatic carbocycles. The summed E-state index contributed by atoms with van der Waals surface area (Å²) >= 11 is 0. The molecule has 1 unspecified atom stereocenters. The molecule has 1 atom stereocenters. The summed E-state index contributed by atoms with van der Waals surface area (Å²) in [6.45, 7) is 1.49. The fraction of sp³-hybridized carbons (Fsp3) is 0.400. The zero-order chi connectivity index (χ0) is 15.2. The van der Waals surface area contributed by atoms with Gasteiger partial charge in [0.05, 0.1) is 23.7 Å². The summed E-state index contributed by atoms with van der Waals surface area (Å²) in [6, 6.07) is 8.89. The number of hydrogen-bond donors (Lipinski definition) is 2. The number of likely N-dealkylation sites (tertiary alicyclic amines) is 1. The lowest BCUT2D eigenvalue weighted by Gasteiger charge is -2.30. The predicted octanol–water partition coefficient (Wildman–Crippen LogP) is 0.694. The first kappa shape index (κ1) is 15.0. The summed E-state index contributed by atoms with van der Waals surface area (Å²) in [5, 5.41) is 11.7. The molecule has 2 rings (SSSR count). The Kier molecular flexibility index (Phi) is 4.90. The average Bonchev–Trinajstić information content (AvgIpc) is 2.48. The molecule has 1 aromatic carbocycles. The van der Waals surface area contributed by atoms with Crippen LogP contribution in [-0.4, -0.2) is 36.3 Å². The van der Waals surface area contributed by atoms with Gasteiger partial charge in [-0.3, -0.25) is 14.5 Å². The molecule has 2 amide bonds. The highest BCUT2D eigenvalue weighted by Crippen LogP contribution is 2.17. The summed E-state index contributed by atoms with van der Waals surface area (Å²) in [4.78, 5) is 25.2. The van der Waals surface area contributed by atoms with E-state index in [0.29, 0.717) is 17.8 Å². The second-order valence-electron chi connectivity index (χ2n) is 5.18. The minimum absolute atomic E-state index is 0.182. The molecule has 6 nitrogen and oxygen atoms in total. The van der Waals surface area contributed by atoms with Gasteiger partial charge in [-0.15, -0.1) is 0 Å². The maximum atomic E-state index is 12.0. The molecule has 110 valence electrons. The van der Waals surface area contributed by atoms with Gasteiger partial charge in [-0.2, -0.15) is 5.26 Å². The number of nitrogens with zero attached hydrogens (tertiary/aromatic N) is 2. The molecule has 1 aromatic rings. The van der Waals surface area contributed by atoms with Crippen molar-refractivity contribution in [3.05, 3.63) is 29.8 Å². The van der Waals surface area contributed by atoms with Crippen LogP contribution < -0.4 is 11.1 Å².